The number of nitrogens with one attached hydrogen (secondary N) is 1. The molecule has 2 unspecified atom stereocenters. The van der Waals surface area contributed by atoms with Gasteiger partial charge in [-0.1, -0.05) is 18.2 Å². The molecule has 1 fully saturated rings. The lowest BCUT2D eigenvalue weighted by atomic mass is 9.98. The van der Waals surface area contributed by atoms with Crippen LogP contribution in [0.1, 0.15) is 25.3 Å². The molecule has 2 atom stereocenters. The monoisotopic (exact) mass is 527 g/mol. The molecule has 8 nitrogen and oxygen atoms in total. The Morgan fingerprint density at radius 3 is 2.84 bits per heavy atom. The first kappa shape index (κ1) is 26.6. The van der Waals surface area contributed by atoms with Gasteiger partial charge in [0.05, 0.1) is 25.5 Å². The van der Waals surface area contributed by atoms with Crippen molar-refractivity contribution in [3.8, 4) is 17.1 Å². The molecule has 1 aliphatic rings. The van der Waals surface area contributed by atoms with Crippen LogP contribution in [0.25, 0.3) is 16.9 Å². The molecular formula is C24H26F5N5O3. The average molecular weight is 527 g/mol. The second kappa shape index (κ2) is 10.5. The quantitative estimate of drug-likeness (QED) is 0.452. The Morgan fingerprint density at radius 2 is 2.16 bits per heavy atom. The van der Waals surface area contributed by atoms with Gasteiger partial charge in [-0.15, -0.1) is 0 Å². The van der Waals surface area contributed by atoms with Gasteiger partial charge in [-0.25, -0.2) is 23.5 Å². The lowest BCUT2D eigenvalue weighted by molar-refractivity contribution is -0.209. The summed E-state index contributed by atoms with van der Waals surface area (Å²) >= 11 is 0. The number of benzene rings is 1. The minimum atomic E-state index is -4.97. The first-order chi connectivity index (χ1) is 17.5. The van der Waals surface area contributed by atoms with Gasteiger partial charge in [0.25, 0.3) is 11.8 Å². The average Bonchev–Trinajstić information content (AvgIpc) is 3.33. The summed E-state index contributed by atoms with van der Waals surface area (Å²) in [7, 11) is 1.47. The van der Waals surface area contributed by atoms with E-state index in [1.807, 2.05) is 5.32 Å². The second-order valence-corrected chi connectivity index (χ2v) is 8.70. The van der Waals surface area contributed by atoms with Crippen molar-refractivity contribution in [3.05, 3.63) is 48.4 Å². The van der Waals surface area contributed by atoms with E-state index in [0.717, 1.165) is 4.90 Å². The number of halogens is 5. The minimum absolute atomic E-state index is 0.0209. The fourth-order valence-corrected chi connectivity index (χ4v) is 4.19. The molecule has 0 aliphatic carbocycles. The zero-order valence-corrected chi connectivity index (χ0v) is 20.1. The summed E-state index contributed by atoms with van der Waals surface area (Å²) in [6.45, 7) is 1.15. The maximum Gasteiger partial charge on any atom is 0.411 e. The van der Waals surface area contributed by atoms with Crippen molar-refractivity contribution in [1.29, 1.82) is 0 Å². The lowest BCUT2D eigenvalue weighted by Gasteiger charge is -2.36. The summed E-state index contributed by atoms with van der Waals surface area (Å²) in [5, 5.41) is 1.88. The highest BCUT2D eigenvalue weighted by atomic mass is 19.4. The van der Waals surface area contributed by atoms with Gasteiger partial charge in [-0.2, -0.15) is 13.2 Å². The Hall–Kier alpha value is -3.48. The molecule has 1 N–H and O–H groups in total. The zero-order chi connectivity index (χ0) is 26.8. The second-order valence-electron chi connectivity index (χ2n) is 8.70. The molecule has 3 heterocycles. The van der Waals surface area contributed by atoms with E-state index in [9.17, 15) is 26.7 Å². The predicted octanol–water partition coefficient (Wildman–Crippen LogP) is 4.68. The van der Waals surface area contributed by atoms with Crippen LogP contribution in [-0.2, 0) is 11.3 Å². The Labute approximate surface area is 209 Å². The van der Waals surface area contributed by atoms with Crippen LogP contribution in [0.3, 0.4) is 0 Å². The van der Waals surface area contributed by atoms with E-state index in [1.54, 1.807) is 54.2 Å². The molecule has 0 spiro atoms. The molecule has 37 heavy (non-hydrogen) atoms. The minimum Gasteiger partial charge on any atom is -0.478 e. The van der Waals surface area contributed by atoms with Crippen LogP contribution in [-0.4, -0.2) is 69.8 Å². The fourth-order valence-electron chi connectivity index (χ4n) is 4.19. The van der Waals surface area contributed by atoms with Gasteiger partial charge in [0.15, 0.2) is 11.7 Å². The van der Waals surface area contributed by atoms with Crippen molar-refractivity contribution in [2.75, 3.05) is 20.3 Å². The normalized spacial score (nSPS) is 18.4. The highest BCUT2D eigenvalue weighted by Gasteiger charge is 2.51. The summed E-state index contributed by atoms with van der Waals surface area (Å²) < 4.78 is 80.7. The van der Waals surface area contributed by atoms with Crippen LogP contribution < -0.4 is 10.1 Å². The predicted molar refractivity (Wildman–Crippen MR) is 123 cm³/mol. The molecule has 4 rings (SSSR count). The van der Waals surface area contributed by atoms with Crippen molar-refractivity contribution in [2.45, 2.75) is 50.6 Å². The number of imidazole rings is 1. The van der Waals surface area contributed by atoms with Gasteiger partial charge in [0, 0.05) is 50.1 Å². The third kappa shape index (κ3) is 6.09. The van der Waals surface area contributed by atoms with Gasteiger partial charge in [-0.05, 0) is 18.6 Å². The summed E-state index contributed by atoms with van der Waals surface area (Å²) in [5.41, 5.74) is 2.42. The molecule has 2 aromatic heterocycles. The number of alkyl halides is 5. The van der Waals surface area contributed by atoms with Crippen molar-refractivity contribution < 1.29 is 36.2 Å². The molecule has 0 saturated carbocycles. The Morgan fingerprint density at radius 1 is 1.38 bits per heavy atom. The lowest BCUT2D eigenvalue weighted by Crippen LogP contribution is -2.58. The van der Waals surface area contributed by atoms with Gasteiger partial charge in [0.1, 0.15) is 0 Å². The summed E-state index contributed by atoms with van der Waals surface area (Å²) in [6.07, 6.45) is -3.54. The maximum absolute atomic E-state index is 13.8. The number of hydrogen-bond donors (Lipinski definition) is 1. The van der Waals surface area contributed by atoms with Crippen LogP contribution in [0.5, 0.6) is 5.88 Å². The topological polar surface area (TPSA) is 81.0 Å². The van der Waals surface area contributed by atoms with Crippen LogP contribution in [0, 0.1) is 0 Å². The standard InChI is InChI=1S/C24H26F5N5O3/c1-3-33(22(35)32-19(24(27,28)29)18-12-23(25,26)7-10-37-18)13-15-5-4-6-16(11-15)17-14-34-9-8-30-20(34)21(31-17)36-2/h4-6,8-9,11,14,18-19H,3,7,10,12-13H2,1-2H3,(H,32,35). The van der Waals surface area contributed by atoms with E-state index in [0.29, 0.717) is 28.3 Å². The fraction of sp³-hybridized carbons (Fsp3) is 0.458. The molecule has 200 valence electrons. The number of fused-ring (bicyclic) bond motifs is 1. The van der Waals surface area contributed by atoms with Crippen molar-refractivity contribution in [3.63, 3.8) is 0 Å². The molecule has 0 radical (unpaired) electrons. The molecule has 0 bridgehead atoms. The van der Waals surface area contributed by atoms with E-state index in [4.69, 9.17) is 9.47 Å². The van der Waals surface area contributed by atoms with Crippen LogP contribution >= 0.6 is 0 Å². The van der Waals surface area contributed by atoms with Gasteiger partial charge < -0.3 is 24.1 Å². The molecule has 2 amide bonds. The smallest absolute Gasteiger partial charge is 0.411 e. The van der Waals surface area contributed by atoms with Crippen molar-refractivity contribution >= 4 is 11.7 Å². The summed E-state index contributed by atoms with van der Waals surface area (Å²) in [5.74, 6) is -2.98. The SMILES string of the molecule is CCN(Cc1cccc(-c2cn3ccnc3c(OC)n2)c1)C(=O)NC(C1CC(F)(F)CCO1)C(F)(F)F. The Kier molecular flexibility index (Phi) is 7.53. The van der Waals surface area contributed by atoms with E-state index in [2.05, 4.69) is 9.97 Å². The molecule has 13 heteroatoms. The number of methoxy groups -OCH3 is 1. The summed E-state index contributed by atoms with van der Waals surface area (Å²) in [6, 6.07) is 3.41. The third-order valence-corrected chi connectivity index (χ3v) is 6.10. The first-order valence-corrected chi connectivity index (χ1v) is 11.6. The zero-order valence-electron chi connectivity index (χ0n) is 20.1. The van der Waals surface area contributed by atoms with Gasteiger partial charge >= 0.3 is 12.2 Å². The molecule has 1 aliphatic heterocycles. The van der Waals surface area contributed by atoms with Crippen LogP contribution in [0.2, 0.25) is 0 Å². The molecular weight excluding hydrogens is 501 g/mol. The number of nitrogens with zero attached hydrogens (tertiary/aromatic N) is 4. The number of carbonyl (C=O) groups is 1. The van der Waals surface area contributed by atoms with Gasteiger partial charge in [-0.3, -0.25) is 0 Å². The Bertz CT molecular complexity index is 1250. The third-order valence-electron chi connectivity index (χ3n) is 6.10. The van der Waals surface area contributed by atoms with Gasteiger partial charge in [0.2, 0.25) is 0 Å². The van der Waals surface area contributed by atoms with E-state index in [1.165, 1.54) is 7.11 Å². The highest BCUT2D eigenvalue weighted by molar-refractivity contribution is 5.75. The number of carbonyl (C=O) groups excluding carboxylic acids is 1. The number of ether oxygens (including phenoxy) is 2. The van der Waals surface area contributed by atoms with E-state index < -0.39 is 49.7 Å². The van der Waals surface area contributed by atoms with Crippen molar-refractivity contribution in [2.24, 2.45) is 0 Å². The number of amides is 2. The molecule has 1 saturated heterocycles. The molecule has 1 aromatic carbocycles. The largest absolute Gasteiger partial charge is 0.478 e. The number of aromatic nitrogens is 3. The number of hydrogen-bond acceptors (Lipinski definition) is 5. The highest BCUT2D eigenvalue weighted by Crippen LogP contribution is 2.35. The number of urea groups is 1. The van der Waals surface area contributed by atoms with Crippen molar-refractivity contribution in [1.82, 2.24) is 24.6 Å². The first-order valence-electron chi connectivity index (χ1n) is 11.6. The van der Waals surface area contributed by atoms with E-state index >= 15 is 0 Å². The summed E-state index contributed by atoms with van der Waals surface area (Å²) in [4.78, 5) is 22.6. The number of rotatable bonds is 7. The van der Waals surface area contributed by atoms with E-state index in [-0.39, 0.29) is 13.1 Å². The van der Waals surface area contributed by atoms with Crippen LogP contribution in [0.15, 0.2) is 42.9 Å². The maximum atomic E-state index is 13.8. The van der Waals surface area contributed by atoms with Crippen LogP contribution in [0.4, 0.5) is 26.7 Å². The molecule has 3 aromatic rings. The Balaban J connectivity index is 1.52.